The van der Waals surface area contributed by atoms with Crippen molar-refractivity contribution in [1.82, 2.24) is 4.98 Å². The highest BCUT2D eigenvalue weighted by atomic mass is 79.9. The summed E-state index contributed by atoms with van der Waals surface area (Å²) in [6, 6.07) is 3.45. The summed E-state index contributed by atoms with van der Waals surface area (Å²) in [7, 11) is 0. The summed E-state index contributed by atoms with van der Waals surface area (Å²) >= 11 is 9.27. The molecule has 1 aromatic heterocycles. The van der Waals surface area contributed by atoms with Crippen LogP contribution in [0.15, 0.2) is 28.9 Å². The van der Waals surface area contributed by atoms with Crippen LogP contribution in [0.4, 0.5) is 5.82 Å². The number of rotatable bonds is 2. The van der Waals surface area contributed by atoms with Gasteiger partial charge in [0, 0.05) is 11.6 Å². The monoisotopic (exact) mass is 330 g/mol. The number of hydrogen-bond donors (Lipinski definition) is 0. The Morgan fingerprint density at radius 1 is 1.44 bits per heavy atom. The maximum atomic E-state index is 12.4. The lowest BCUT2D eigenvalue weighted by molar-refractivity contribution is -0.125. The van der Waals surface area contributed by atoms with Gasteiger partial charge < -0.3 is 0 Å². The molecule has 0 unspecified atom stereocenters. The first-order valence-electron chi connectivity index (χ1n) is 5.56. The van der Waals surface area contributed by atoms with Crippen LogP contribution in [0.1, 0.15) is 27.7 Å². The lowest BCUT2D eigenvalue weighted by Crippen LogP contribution is -2.36. The molecule has 0 N–H and O–H groups in total. The van der Waals surface area contributed by atoms with Crippen molar-refractivity contribution in [3.63, 3.8) is 0 Å². The highest BCUT2D eigenvalue weighted by Crippen LogP contribution is 2.29. The first-order valence-corrected chi connectivity index (χ1v) is 6.73. The van der Waals surface area contributed by atoms with Gasteiger partial charge in [-0.3, -0.25) is 9.69 Å². The van der Waals surface area contributed by atoms with Gasteiger partial charge in [-0.1, -0.05) is 38.4 Å². The molecular weight excluding hydrogens is 316 g/mol. The Morgan fingerprint density at radius 3 is 2.56 bits per heavy atom. The van der Waals surface area contributed by atoms with E-state index in [1.165, 1.54) is 4.90 Å². The number of amides is 1. The summed E-state index contributed by atoms with van der Waals surface area (Å²) < 4.78 is 0.725. The van der Waals surface area contributed by atoms with Crippen molar-refractivity contribution in [1.29, 1.82) is 0 Å². The first kappa shape index (κ1) is 15.2. The Labute approximate surface area is 121 Å². The second-order valence-electron chi connectivity index (χ2n) is 4.85. The molecule has 0 aliphatic rings. The standard InChI is InChI=1S/C13H16BrClN2O/c1-5-8-17(12(18)13(2,3)4)11-9(14)6-7-10(15)16-11/h5-8H,1-4H3. The smallest absolute Gasteiger partial charge is 0.237 e. The zero-order valence-corrected chi connectivity index (χ0v) is 13.2. The fraction of sp³-hybridized carbons (Fsp3) is 0.385. The van der Waals surface area contributed by atoms with E-state index < -0.39 is 5.41 Å². The molecule has 0 aromatic carbocycles. The van der Waals surface area contributed by atoms with Crippen LogP contribution in [-0.2, 0) is 4.79 Å². The number of allylic oxidation sites excluding steroid dienone is 1. The van der Waals surface area contributed by atoms with Crippen LogP contribution in [-0.4, -0.2) is 10.9 Å². The van der Waals surface area contributed by atoms with E-state index in [1.807, 2.05) is 27.7 Å². The zero-order chi connectivity index (χ0) is 13.9. The summed E-state index contributed by atoms with van der Waals surface area (Å²) in [5.41, 5.74) is -0.497. The van der Waals surface area contributed by atoms with Gasteiger partial charge >= 0.3 is 0 Å². The third-order valence-electron chi connectivity index (χ3n) is 2.18. The number of anilines is 1. The van der Waals surface area contributed by atoms with Crippen LogP contribution in [0.3, 0.4) is 0 Å². The second-order valence-corrected chi connectivity index (χ2v) is 6.09. The van der Waals surface area contributed by atoms with Gasteiger partial charge in [0.05, 0.1) is 4.47 Å². The lowest BCUT2D eigenvalue weighted by Gasteiger charge is -2.26. The van der Waals surface area contributed by atoms with E-state index in [2.05, 4.69) is 20.9 Å². The zero-order valence-electron chi connectivity index (χ0n) is 10.9. The fourth-order valence-electron chi connectivity index (χ4n) is 1.32. The van der Waals surface area contributed by atoms with Gasteiger partial charge in [-0.2, -0.15) is 0 Å². The summed E-state index contributed by atoms with van der Waals surface area (Å²) in [6.07, 6.45) is 3.48. The van der Waals surface area contributed by atoms with Crippen molar-refractivity contribution in [3.8, 4) is 0 Å². The van der Waals surface area contributed by atoms with Gasteiger partial charge in [0.1, 0.15) is 5.15 Å². The maximum absolute atomic E-state index is 12.4. The van der Waals surface area contributed by atoms with E-state index in [0.29, 0.717) is 11.0 Å². The van der Waals surface area contributed by atoms with Crippen molar-refractivity contribution in [2.75, 3.05) is 4.90 Å². The van der Waals surface area contributed by atoms with Gasteiger partial charge in [0.15, 0.2) is 5.82 Å². The molecule has 0 saturated carbocycles. The number of pyridine rings is 1. The Morgan fingerprint density at radius 2 is 2.06 bits per heavy atom. The average molecular weight is 332 g/mol. The van der Waals surface area contributed by atoms with E-state index in [1.54, 1.807) is 24.4 Å². The van der Waals surface area contributed by atoms with E-state index in [-0.39, 0.29) is 5.91 Å². The highest BCUT2D eigenvalue weighted by molar-refractivity contribution is 9.10. The number of aromatic nitrogens is 1. The van der Waals surface area contributed by atoms with Crippen LogP contribution in [0.2, 0.25) is 5.15 Å². The van der Waals surface area contributed by atoms with Crippen molar-refractivity contribution >= 4 is 39.3 Å². The molecule has 18 heavy (non-hydrogen) atoms. The molecule has 0 aliphatic carbocycles. The Kier molecular flexibility index (Phi) is 4.93. The molecule has 5 heteroatoms. The quantitative estimate of drug-likeness (QED) is 0.752. The minimum Gasteiger partial charge on any atom is -0.273 e. The molecule has 3 nitrogen and oxygen atoms in total. The van der Waals surface area contributed by atoms with Gasteiger partial charge in [-0.15, -0.1) is 0 Å². The van der Waals surface area contributed by atoms with E-state index >= 15 is 0 Å². The SMILES string of the molecule is CC=CN(C(=O)C(C)(C)C)c1nc(Cl)ccc1Br. The molecule has 0 atom stereocenters. The molecule has 1 aromatic rings. The third kappa shape index (κ3) is 3.56. The summed E-state index contributed by atoms with van der Waals surface area (Å²) in [4.78, 5) is 18.1. The molecular formula is C13H16BrClN2O. The third-order valence-corrected chi connectivity index (χ3v) is 3.01. The molecule has 0 radical (unpaired) electrons. The summed E-state index contributed by atoms with van der Waals surface area (Å²) in [6.45, 7) is 7.44. The molecule has 0 fully saturated rings. The average Bonchev–Trinajstić information content (AvgIpc) is 2.27. The molecule has 1 amide bonds. The first-order chi connectivity index (χ1) is 8.27. The van der Waals surface area contributed by atoms with Gasteiger partial charge in [0.25, 0.3) is 0 Å². The van der Waals surface area contributed by atoms with Crippen molar-refractivity contribution in [2.45, 2.75) is 27.7 Å². The van der Waals surface area contributed by atoms with Crippen molar-refractivity contribution in [2.24, 2.45) is 5.41 Å². The molecule has 0 bridgehead atoms. The number of carbonyl (C=O) groups is 1. The van der Waals surface area contributed by atoms with Crippen LogP contribution < -0.4 is 4.90 Å². The Hall–Kier alpha value is -0.870. The van der Waals surface area contributed by atoms with Crippen LogP contribution in [0.25, 0.3) is 0 Å². The highest BCUT2D eigenvalue weighted by Gasteiger charge is 2.28. The van der Waals surface area contributed by atoms with Crippen LogP contribution >= 0.6 is 27.5 Å². The van der Waals surface area contributed by atoms with Crippen molar-refractivity contribution in [3.05, 3.63) is 34.0 Å². The molecule has 1 rings (SSSR count). The summed E-state index contributed by atoms with van der Waals surface area (Å²) in [5, 5.41) is 0.351. The van der Waals surface area contributed by atoms with Gasteiger partial charge in [-0.25, -0.2) is 4.98 Å². The van der Waals surface area contributed by atoms with Crippen molar-refractivity contribution < 1.29 is 4.79 Å². The minimum absolute atomic E-state index is 0.0453. The lowest BCUT2D eigenvalue weighted by atomic mass is 9.95. The van der Waals surface area contributed by atoms with Gasteiger partial charge in [0.2, 0.25) is 5.91 Å². The van der Waals surface area contributed by atoms with Crippen LogP contribution in [0.5, 0.6) is 0 Å². The fourth-order valence-corrected chi connectivity index (χ4v) is 1.88. The predicted molar refractivity (Wildman–Crippen MR) is 78.7 cm³/mol. The van der Waals surface area contributed by atoms with E-state index in [9.17, 15) is 4.79 Å². The number of halogens is 2. The molecule has 98 valence electrons. The number of nitrogens with zero attached hydrogens (tertiary/aromatic N) is 2. The maximum Gasteiger partial charge on any atom is 0.237 e. The van der Waals surface area contributed by atoms with Gasteiger partial charge in [-0.05, 0) is 35.0 Å². The number of hydrogen-bond acceptors (Lipinski definition) is 2. The van der Waals surface area contributed by atoms with E-state index in [4.69, 9.17) is 11.6 Å². The Balaban J connectivity index is 3.29. The molecule has 0 aliphatic heterocycles. The number of carbonyl (C=O) groups excluding carboxylic acids is 1. The molecule has 0 saturated heterocycles. The largest absolute Gasteiger partial charge is 0.273 e. The molecule has 1 heterocycles. The second kappa shape index (κ2) is 5.85. The molecule has 0 spiro atoms. The van der Waals surface area contributed by atoms with Crippen LogP contribution in [0, 0.1) is 5.41 Å². The normalized spacial score (nSPS) is 11.9. The topological polar surface area (TPSA) is 33.2 Å². The van der Waals surface area contributed by atoms with E-state index in [0.717, 1.165) is 4.47 Å². The Bertz CT molecular complexity index is 480. The summed E-state index contributed by atoms with van der Waals surface area (Å²) in [5.74, 6) is 0.455. The predicted octanol–water partition coefficient (Wildman–Crippen LogP) is 4.41. The minimum atomic E-state index is -0.497.